The summed E-state index contributed by atoms with van der Waals surface area (Å²) in [4.78, 5) is 19.2. The summed E-state index contributed by atoms with van der Waals surface area (Å²) in [6, 6.07) is 13.1. The number of methoxy groups -OCH3 is 1. The van der Waals surface area contributed by atoms with Crippen molar-refractivity contribution in [3.63, 3.8) is 0 Å². The number of imidazole rings is 1. The Hall–Kier alpha value is -2.74. The average Bonchev–Trinajstić information content (AvgIpc) is 3.08. The van der Waals surface area contributed by atoms with Crippen molar-refractivity contribution in [3.8, 4) is 11.4 Å². The average molecular weight is 340 g/mol. The fourth-order valence-electron chi connectivity index (χ4n) is 2.54. The van der Waals surface area contributed by atoms with E-state index >= 15 is 0 Å². The minimum Gasteiger partial charge on any atom is -0.383 e. The molecule has 0 saturated heterocycles. The molecule has 1 aromatic heterocycles. The van der Waals surface area contributed by atoms with Crippen molar-refractivity contribution >= 4 is 16.9 Å². The van der Waals surface area contributed by atoms with Crippen molar-refractivity contribution in [1.29, 1.82) is 0 Å². The molecule has 0 fully saturated rings. The first-order valence-corrected chi connectivity index (χ1v) is 7.94. The molecule has 25 heavy (non-hydrogen) atoms. The largest absolute Gasteiger partial charge is 0.383 e. The van der Waals surface area contributed by atoms with Gasteiger partial charge in [-0.25, -0.2) is 10.5 Å². The topological polar surface area (TPSA) is 99.3 Å². The van der Waals surface area contributed by atoms with Crippen molar-refractivity contribution in [2.24, 2.45) is 0 Å². The number of nitrogens with zero attached hydrogens (tertiary/aromatic N) is 1. The predicted molar refractivity (Wildman–Crippen MR) is 94.4 cm³/mol. The Balaban J connectivity index is 1.76. The van der Waals surface area contributed by atoms with Crippen molar-refractivity contribution in [2.45, 2.75) is 6.54 Å². The Morgan fingerprint density at radius 3 is 2.76 bits per heavy atom. The highest BCUT2D eigenvalue weighted by molar-refractivity contribution is 5.97. The molecule has 0 bridgehead atoms. The van der Waals surface area contributed by atoms with Crippen LogP contribution in [0.15, 0.2) is 42.5 Å². The van der Waals surface area contributed by atoms with Gasteiger partial charge in [0, 0.05) is 31.3 Å². The fraction of sp³-hybridized carbons (Fsp3) is 0.222. The van der Waals surface area contributed by atoms with Crippen LogP contribution in [-0.4, -0.2) is 41.3 Å². The van der Waals surface area contributed by atoms with Crippen LogP contribution in [0.1, 0.15) is 15.9 Å². The van der Waals surface area contributed by atoms with Crippen molar-refractivity contribution < 1.29 is 14.7 Å². The number of hydroxylamine groups is 1. The molecule has 130 valence electrons. The third-order valence-electron chi connectivity index (χ3n) is 3.89. The van der Waals surface area contributed by atoms with Gasteiger partial charge in [0.2, 0.25) is 0 Å². The summed E-state index contributed by atoms with van der Waals surface area (Å²) >= 11 is 0. The number of aromatic nitrogens is 2. The summed E-state index contributed by atoms with van der Waals surface area (Å²) < 4.78 is 5.00. The van der Waals surface area contributed by atoms with E-state index in [1.807, 2.05) is 24.3 Å². The van der Waals surface area contributed by atoms with Gasteiger partial charge in [-0.1, -0.05) is 24.3 Å². The molecule has 0 unspecified atom stereocenters. The highest BCUT2D eigenvalue weighted by atomic mass is 16.5. The zero-order valence-electron chi connectivity index (χ0n) is 13.9. The van der Waals surface area contributed by atoms with Gasteiger partial charge in [0.1, 0.15) is 5.82 Å². The van der Waals surface area contributed by atoms with Crippen molar-refractivity contribution in [3.05, 3.63) is 53.6 Å². The van der Waals surface area contributed by atoms with E-state index in [9.17, 15) is 4.79 Å². The fourth-order valence-corrected chi connectivity index (χ4v) is 2.54. The Morgan fingerprint density at radius 1 is 1.24 bits per heavy atom. The number of hydrogen-bond acceptors (Lipinski definition) is 5. The second kappa shape index (κ2) is 7.89. The lowest BCUT2D eigenvalue weighted by molar-refractivity contribution is 0.0706. The summed E-state index contributed by atoms with van der Waals surface area (Å²) in [5.41, 5.74) is 5.63. The van der Waals surface area contributed by atoms with Gasteiger partial charge in [-0.2, -0.15) is 0 Å². The standard InChI is InChI=1S/C18H20N4O3/c1-25-9-8-19-11-12-2-4-13(5-3-12)17-20-15-7-6-14(18(23)22-24)10-16(15)21-17/h2-7,10,19,24H,8-9,11H2,1H3,(H,20,21)(H,22,23). The van der Waals surface area contributed by atoms with Crippen LogP contribution in [0.4, 0.5) is 0 Å². The lowest BCUT2D eigenvalue weighted by atomic mass is 10.1. The third kappa shape index (κ3) is 4.03. The first-order valence-electron chi connectivity index (χ1n) is 7.94. The minimum atomic E-state index is -0.552. The molecule has 0 aliphatic carbocycles. The van der Waals surface area contributed by atoms with Gasteiger partial charge in [-0.3, -0.25) is 10.0 Å². The first kappa shape index (κ1) is 17.1. The number of rotatable bonds is 7. The molecule has 0 radical (unpaired) electrons. The summed E-state index contributed by atoms with van der Waals surface area (Å²) in [5.74, 6) is 0.179. The summed E-state index contributed by atoms with van der Waals surface area (Å²) in [7, 11) is 1.68. The Bertz CT molecular complexity index is 858. The molecule has 0 spiro atoms. The van der Waals surface area contributed by atoms with Crippen LogP contribution in [0, 0.1) is 0 Å². The maximum atomic E-state index is 11.5. The van der Waals surface area contributed by atoms with E-state index in [0.29, 0.717) is 12.2 Å². The molecular formula is C18H20N4O3. The molecule has 0 aliphatic heterocycles. The van der Waals surface area contributed by atoms with Gasteiger partial charge < -0.3 is 15.0 Å². The number of carbonyl (C=O) groups is 1. The zero-order chi connectivity index (χ0) is 17.6. The van der Waals surface area contributed by atoms with Gasteiger partial charge in [0.25, 0.3) is 5.91 Å². The maximum Gasteiger partial charge on any atom is 0.274 e. The summed E-state index contributed by atoms with van der Waals surface area (Å²) in [6.45, 7) is 2.28. The Kier molecular flexibility index (Phi) is 5.39. The highest BCUT2D eigenvalue weighted by Gasteiger charge is 2.09. The lowest BCUT2D eigenvalue weighted by Crippen LogP contribution is -2.18. The van der Waals surface area contributed by atoms with E-state index < -0.39 is 5.91 Å². The normalized spacial score (nSPS) is 11.0. The molecular weight excluding hydrogens is 320 g/mol. The van der Waals surface area contributed by atoms with Crippen LogP contribution in [0.25, 0.3) is 22.4 Å². The van der Waals surface area contributed by atoms with Crippen molar-refractivity contribution in [1.82, 2.24) is 20.8 Å². The number of fused-ring (bicyclic) bond motifs is 1. The smallest absolute Gasteiger partial charge is 0.274 e. The van der Waals surface area contributed by atoms with E-state index in [1.165, 1.54) is 5.56 Å². The third-order valence-corrected chi connectivity index (χ3v) is 3.89. The van der Waals surface area contributed by atoms with Crippen LogP contribution in [0.2, 0.25) is 0 Å². The summed E-state index contributed by atoms with van der Waals surface area (Å²) in [5, 5.41) is 12.0. The Morgan fingerprint density at radius 2 is 2.04 bits per heavy atom. The lowest BCUT2D eigenvalue weighted by Gasteiger charge is -2.05. The number of aromatic amines is 1. The van der Waals surface area contributed by atoms with Crippen LogP contribution >= 0.6 is 0 Å². The van der Waals surface area contributed by atoms with E-state index in [4.69, 9.17) is 9.94 Å². The zero-order valence-corrected chi connectivity index (χ0v) is 13.9. The molecule has 3 aromatic rings. The minimum absolute atomic E-state index is 0.364. The summed E-state index contributed by atoms with van der Waals surface area (Å²) in [6.07, 6.45) is 0. The predicted octanol–water partition coefficient (Wildman–Crippen LogP) is 2.08. The number of amides is 1. The van der Waals surface area contributed by atoms with Crippen LogP contribution in [0.3, 0.4) is 0 Å². The van der Waals surface area contributed by atoms with Gasteiger partial charge in [-0.05, 0) is 23.8 Å². The molecule has 4 N–H and O–H groups in total. The highest BCUT2D eigenvalue weighted by Crippen LogP contribution is 2.21. The van der Waals surface area contributed by atoms with Gasteiger partial charge in [0.05, 0.1) is 17.6 Å². The molecule has 3 rings (SSSR count). The second-order valence-electron chi connectivity index (χ2n) is 5.62. The first-order chi connectivity index (χ1) is 12.2. The number of H-pyrrole nitrogens is 1. The maximum absolute atomic E-state index is 11.5. The van der Waals surface area contributed by atoms with Gasteiger partial charge in [-0.15, -0.1) is 0 Å². The monoisotopic (exact) mass is 340 g/mol. The Labute approximate surface area is 145 Å². The van der Waals surface area contributed by atoms with Crippen molar-refractivity contribution in [2.75, 3.05) is 20.3 Å². The van der Waals surface area contributed by atoms with Gasteiger partial charge in [0.15, 0.2) is 0 Å². The molecule has 1 amide bonds. The SMILES string of the molecule is COCCNCc1ccc(-c2nc3ccc(C(=O)NO)cc3[nH]2)cc1. The number of carbonyl (C=O) groups excluding carboxylic acids is 1. The molecule has 0 aliphatic rings. The van der Waals surface area contributed by atoms with Crippen LogP contribution in [0.5, 0.6) is 0 Å². The number of nitrogens with one attached hydrogen (secondary N) is 3. The molecule has 7 heteroatoms. The van der Waals surface area contributed by atoms with E-state index in [-0.39, 0.29) is 0 Å². The molecule has 1 heterocycles. The number of hydrogen-bond donors (Lipinski definition) is 4. The second-order valence-corrected chi connectivity index (χ2v) is 5.62. The van der Waals surface area contributed by atoms with E-state index in [1.54, 1.807) is 30.8 Å². The number of benzene rings is 2. The molecule has 2 aromatic carbocycles. The van der Waals surface area contributed by atoms with E-state index in [0.717, 1.165) is 35.5 Å². The van der Waals surface area contributed by atoms with Crippen LogP contribution in [-0.2, 0) is 11.3 Å². The van der Waals surface area contributed by atoms with E-state index in [2.05, 4.69) is 15.3 Å². The molecule has 0 atom stereocenters. The van der Waals surface area contributed by atoms with Gasteiger partial charge >= 0.3 is 0 Å². The quantitative estimate of drug-likeness (QED) is 0.300. The van der Waals surface area contributed by atoms with Crippen LogP contribution < -0.4 is 10.8 Å². The number of ether oxygens (including phenoxy) is 1. The molecule has 0 saturated carbocycles. The molecule has 7 nitrogen and oxygen atoms in total.